The molecule has 0 aliphatic rings. The Bertz CT molecular complexity index is 4110. The first-order valence-electron chi connectivity index (χ1n) is 21.6. The van der Waals surface area contributed by atoms with Gasteiger partial charge in [-0.2, -0.15) is 0 Å². The monoisotopic (exact) mass is 817 g/mol. The Morgan fingerprint density at radius 2 is 0.469 bits per heavy atom. The minimum Gasteiger partial charge on any atom is -0.294 e. The molecule has 0 aliphatic heterocycles. The van der Waals surface area contributed by atoms with Gasteiger partial charge < -0.3 is 0 Å². The topological polar surface area (TPSA) is 58.4 Å². The summed E-state index contributed by atoms with van der Waals surface area (Å²) in [5.74, 6) is 3.42. The molecule has 298 valence electrons. The molecule has 7 aromatic heterocycles. The van der Waals surface area contributed by atoms with E-state index >= 15 is 0 Å². The highest BCUT2D eigenvalue weighted by Gasteiger charge is 2.22. The van der Waals surface area contributed by atoms with Crippen molar-refractivity contribution in [2.75, 3.05) is 0 Å². The summed E-state index contributed by atoms with van der Waals surface area (Å²) in [7, 11) is 0. The van der Waals surface area contributed by atoms with Gasteiger partial charge in [0.15, 0.2) is 0 Å². The fourth-order valence-electron chi connectivity index (χ4n) is 10.4. The van der Waals surface area contributed by atoms with E-state index < -0.39 is 0 Å². The van der Waals surface area contributed by atoms with Crippen LogP contribution in [0.5, 0.6) is 0 Å². The van der Waals surface area contributed by atoms with Crippen LogP contribution in [0.15, 0.2) is 212 Å². The second kappa shape index (κ2) is 13.3. The number of para-hydroxylation sites is 6. The lowest BCUT2D eigenvalue weighted by Crippen LogP contribution is -2.03. The summed E-state index contributed by atoms with van der Waals surface area (Å²) in [6.45, 7) is 0. The molecule has 64 heavy (non-hydrogen) atoms. The maximum atomic E-state index is 5.45. The van der Waals surface area contributed by atoms with Crippen LogP contribution in [0.25, 0.3) is 122 Å². The van der Waals surface area contributed by atoms with E-state index in [1.54, 1.807) is 0 Å². The number of pyridine rings is 3. The van der Waals surface area contributed by atoms with Gasteiger partial charge in [0.05, 0.1) is 55.5 Å². The van der Waals surface area contributed by atoms with Gasteiger partial charge in [-0.05, 0) is 84.9 Å². The maximum absolute atomic E-state index is 5.45. The van der Waals surface area contributed by atoms with Crippen LogP contribution in [-0.2, 0) is 0 Å². The Balaban J connectivity index is 0.952. The van der Waals surface area contributed by atoms with E-state index in [9.17, 15) is 0 Å². The zero-order chi connectivity index (χ0) is 41.9. The van der Waals surface area contributed by atoms with Gasteiger partial charge in [0.2, 0.25) is 0 Å². The van der Waals surface area contributed by atoms with E-state index in [2.05, 4.69) is 231 Å². The summed E-state index contributed by atoms with van der Waals surface area (Å²) < 4.78 is 9.16. The van der Waals surface area contributed by atoms with E-state index in [1.807, 2.05) is 0 Å². The Hall–Kier alpha value is -8.81. The number of hydrogen-bond acceptors (Lipinski definition) is 3. The van der Waals surface area contributed by atoms with E-state index in [1.165, 1.54) is 37.7 Å². The molecule has 0 aliphatic carbocycles. The number of rotatable bonds is 5. The zero-order valence-electron chi connectivity index (χ0n) is 34.3. The van der Waals surface area contributed by atoms with Crippen LogP contribution in [0.3, 0.4) is 0 Å². The third kappa shape index (κ3) is 4.89. The first-order chi connectivity index (χ1) is 31.8. The third-order valence-electron chi connectivity index (χ3n) is 13.0. The number of nitrogens with zero attached hydrogens (tertiary/aromatic N) is 7. The largest absolute Gasteiger partial charge is 0.294 e. The molecule has 0 saturated carbocycles. The quantitative estimate of drug-likeness (QED) is 0.174. The molecule has 7 heterocycles. The van der Waals surface area contributed by atoms with E-state index in [0.717, 1.165) is 84.2 Å². The average molecular weight is 818 g/mol. The van der Waals surface area contributed by atoms with E-state index in [4.69, 9.17) is 15.0 Å². The summed E-state index contributed by atoms with van der Waals surface area (Å²) in [5.41, 5.74) is 10.5. The predicted molar refractivity (Wildman–Crippen MR) is 263 cm³/mol. The molecule has 0 amide bonds. The normalized spacial score (nSPS) is 12.1. The highest BCUT2D eigenvalue weighted by molar-refractivity contribution is 6.29. The van der Waals surface area contributed by atoms with Gasteiger partial charge in [0.25, 0.3) is 0 Å². The summed E-state index contributed by atoms with van der Waals surface area (Å²) >= 11 is 0. The SMILES string of the molecule is c1cc(-c2cccc(-n3c4ccccc4c4c5c6ccccc6n(-c6cccc(-n7c8ccccc8c8ccccc87)n6)c5ccc43)n2)nc(-n2c3ccccc3c3ccccc32)c1. The molecule has 14 rings (SSSR count). The molecule has 0 spiro atoms. The Morgan fingerprint density at radius 3 is 0.828 bits per heavy atom. The van der Waals surface area contributed by atoms with Crippen molar-refractivity contribution in [1.82, 2.24) is 33.2 Å². The van der Waals surface area contributed by atoms with Gasteiger partial charge in [-0.25, -0.2) is 15.0 Å². The number of fused-ring (bicyclic) bond motifs is 13. The summed E-state index contributed by atoms with van der Waals surface area (Å²) in [6.07, 6.45) is 0. The first kappa shape index (κ1) is 34.9. The lowest BCUT2D eigenvalue weighted by atomic mass is 10.1. The van der Waals surface area contributed by atoms with Crippen molar-refractivity contribution in [2.24, 2.45) is 0 Å². The van der Waals surface area contributed by atoms with Gasteiger partial charge in [-0.15, -0.1) is 0 Å². The van der Waals surface area contributed by atoms with Crippen molar-refractivity contribution in [3.8, 4) is 34.7 Å². The minimum absolute atomic E-state index is 0.804. The van der Waals surface area contributed by atoms with Crippen molar-refractivity contribution < 1.29 is 0 Å². The summed E-state index contributed by atoms with van der Waals surface area (Å²) in [6, 6.07) is 75.0. The molecule has 0 atom stereocenters. The molecular weight excluding hydrogens is 783 g/mol. The molecule has 7 nitrogen and oxygen atoms in total. The fourth-order valence-corrected chi connectivity index (χ4v) is 10.4. The zero-order valence-corrected chi connectivity index (χ0v) is 34.3. The molecule has 0 fully saturated rings. The van der Waals surface area contributed by atoms with Gasteiger partial charge in [0.1, 0.15) is 23.3 Å². The van der Waals surface area contributed by atoms with Crippen molar-refractivity contribution in [3.63, 3.8) is 0 Å². The standard InChI is InChI=1S/C57H35N7/c1-7-24-44-36(16-1)37-17-2-8-25-45(37)61(44)52-30-13-22-42(58-52)43-23-14-31-53(59-43)63-48-28-11-5-20-40(48)56-50(63)34-35-51-57(56)41-21-6-12-29-49(41)64(51)55-33-15-32-54(60-55)62-46-26-9-3-18-38(46)39-19-4-10-27-47(39)62/h1-35H. The van der Waals surface area contributed by atoms with Crippen LogP contribution in [-0.4, -0.2) is 33.2 Å². The van der Waals surface area contributed by atoms with Crippen LogP contribution < -0.4 is 0 Å². The lowest BCUT2D eigenvalue weighted by Gasteiger charge is -2.12. The summed E-state index contributed by atoms with van der Waals surface area (Å²) in [4.78, 5) is 16.1. The third-order valence-corrected chi connectivity index (χ3v) is 13.0. The molecular formula is C57H35N7. The first-order valence-corrected chi connectivity index (χ1v) is 21.6. The summed E-state index contributed by atoms with van der Waals surface area (Å²) in [5, 5.41) is 9.54. The van der Waals surface area contributed by atoms with Crippen molar-refractivity contribution >= 4 is 87.2 Å². The molecule has 0 saturated heterocycles. The van der Waals surface area contributed by atoms with Gasteiger partial charge >= 0.3 is 0 Å². The van der Waals surface area contributed by atoms with Crippen LogP contribution >= 0.6 is 0 Å². The number of benzene rings is 7. The van der Waals surface area contributed by atoms with Crippen molar-refractivity contribution in [1.29, 1.82) is 0 Å². The Morgan fingerprint density at radius 1 is 0.203 bits per heavy atom. The van der Waals surface area contributed by atoms with Crippen molar-refractivity contribution in [2.45, 2.75) is 0 Å². The van der Waals surface area contributed by atoms with E-state index in [-0.39, 0.29) is 0 Å². The van der Waals surface area contributed by atoms with Crippen LogP contribution in [0.1, 0.15) is 0 Å². The fraction of sp³-hybridized carbons (Fsp3) is 0. The minimum atomic E-state index is 0.804. The number of aromatic nitrogens is 7. The molecule has 14 aromatic rings. The Labute approximate surface area is 366 Å². The smallest absolute Gasteiger partial charge is 0.140 e. The van der Waals surface area contributed by atoms with Crippen LogP contribution in [0.4, 0.5) is 0 Å². The number of hydrogen-bond donors (Lipinski definition) is 0. The molecule has 0 bridgehead atoms. The second-order valence-corrected chi connectivity index (χ2v) is 16.4. The highest BCUT2D eigenvalue weighted by atomic mass is 15.1. The van der Waals surface area contributed by atoms with Crippen molar-refractivity contribution in [3.05, 3.63) is 212 Å². The lowest BCUT2D eigenvalue weighted by molar-refractivity contribution is 1.01. The predicted octanol–water partition coefficient (Wildman–Crippen LogP) is 13.9. The van der Waals surface area contributed by atoms with Gasteiger partial charge in [0, 0.05) is 43.1 Å². The molecule has 0 radical (unpaired) electrons. The Kier molecular flexibility index (Phi) is 7.27. The molecule has 7 heteroatoms. The molecule has 7 aromatic carbocycles. The highest BCUT2D eigenvalue weighted by Crippen LogP contribution is 2.42. The van der Waals surface area contributed by atoms with Crippen LogP contribution in [0, 0.1) is 0 Å². The second-order valence-electron chi connectivity index (χ2n) is 16.4. The van der Waals surface area contributed by atoms with Crippen LogP contribution in [0.2, 0.25) is 0 Å². The van der Waals surface area contributed by atoms with Gasteiger partial charge in [-0.1, -0.05) is 127 Å². The van der Waals surface area contributed by atoms with E-state index in [0.29, 0.717) is 0 Å². The average Bonchev–Trinajstić information content (AvgIpc) is 4.09. The maximum Gasteiger partial charge on any atom is 0.140 e. The molecule has 0 N–H and O–H groups in total. The van der Waals surface area contributed by atoms with Gasteiger partial charge in [-0.3, -0.25) is 18.3 Å². The molecule has 0 unspecified atom stereocenters.